The lowest BCUT2D eigenvalue weighted by atomic mass is 9.89. The fourth-order valence-corrected chi connectivity index (χ4v) is 3.71. The number of hydrogen-bond donors (Lipinski definition) is 2. The van der Waals surface area contributed by atoms with Crippen LogP contribution in [0.5, 0.6) is 0 Å². The van der Waals surface area contributed by atoms with Gasteiger partial charge < -0.3 is 15.3 Å². The van der Waals surface area contributed by atoms with Crippen LogP contribution in [0.2, 0.25) is 0 Å². The average molecular weight is 352 g/mol. The highest BCUT2D eigenvalue weighted by atomic mass is 16.3. The molecule has 0 unspecified atom stereocenters. The molecule has 0 aliphatic carbocycles. The number of carbonyl (C=O) groups is 1. The Kier molecular flexibility index (Phi) is 6.42. The smallest absolute Gasteiger partial charge is 0.221 e. The van der Waals surface area contributed by atoms with Gasteiger partial charge in [-0.2, -0.15) is 0 Å². The van der Waals surface area contributed by atoms with Crippen molar-refractivity contribution in [3.8, 4) is 0 Å². The van der Waals surface area contributed by atoms with E-state index >= 15 is 0 Å². The first-order chi connectivity index (χ1) is 12.6. The Labute approximate surface area is 155 Å². The summed E-state index contributed by atoms with van der Waals surface area (Å²) in [5.41, 5.74) is 3.18. The number of benzene rings is 2. The molecule has 0 aromatic heterocycles. The van der Waals surface area contributed by atoms with Crippen LogP contribution in [0.1, 0.15) is 49.3 Å². The summed E-state index contributed by atoms with van der Waals surface area (Å²) >= 11 is 0. The maximum atomic E-state index is 11.2. The Hall–Kier alpha value is -2.17. The van der Waals surface area contributed by atoms with Crippen LogP contribution in [0.4, 0.5) is 5.69 Å². The Balaban J connectivity index is 1.48. The van der Waals surface area contributed by atoms with Gasteiger partial charge in [0.2, 0.25) is 5.91 Å². The Morgan fingerprint density at radius 1 is 1.15 bits per heavy atom. The van der Waals surface area contributed by atoms with Crippen LogP contribution in [0.15, 0.2) is 54.6 Å². The summed E-state index contributed by atoms with van der Waals surface area (Å²) in [5.74, 6) is 0.507. The first-order valence-electron chi connectivity index (χ1n) is 9.45. The molecule has 26 heavy (non-hydrogen) atoms. The molecule has 0 radical (unpaired) electrons. The van der Waals surface area contributed by atoms with Gasteiger partial charge >= 0.3 is 0 Å². The van der Waals surface area contributed by atoms with E-state index < -0.39 is 0 Å². The van der Waals surface area contributed by atoms with Crippen LogP contribution in [0.3, 0.4) is 0 Å². The molecule has 4 nitrogen and oxygen atoms in total. The van der Waals surface area contributed by atoms with Gasteiger partial charge in [0.15, 0.2) is 0 Å². The van der Waals surface area contributed by atoms with Crippen molar-refractivity contribution in [3.63, 3.8) is 0 Å². The highest BCUT2D eigenvalue weighted by Gasteiger charge is 2.21. The minimum Gasteiger partial charge on any atom is -0.388 e. The van der Waals surface area contributed by atoms with Crippen LogP contribution in [-0.2, 0) is 4.79 Å². The summed E-state index contributed by atoms with van der Waals surface area (Å²) < 4.78 is 0. The molecule has 0 bridgehead atoms. The number of likely N-dealkylation sites (tertiary alicyclic amines) is 1. The molecule has 4 heteroatoms. The fraction of sp³-hybridized carbons (Fsp3) is 0.409. The van der Waals surface area contributed by atoms with E-state index in [9.17, 15) is 9.90 Å². The quantitative estimate of drug-likeness (QED) is 0.828. The van der Waals surface area contributed by atoms with E-state index in [2.05, 4.69) is 22.3 Å². The molecule has 1 aliphatic heterocycles. The molecule has 1 fully saturated rings. The summed E-state index contributed by atoms with van der Waals surface area (Å²) in [6.07, 6.45) is 2.62. The SMILES string of the molecule is CC(=O)Nc1cccc(C2CCN(CC[C@@H](O)c3ccccc3)CC2)c1. The zero-order valence-corrected chi connectivity index (χ0v) is 15.4. The summed E-state index contributed by atoms with van der Waals surface area (Å²) in [5, 5.41) is 13.2. The van der Waals surface area contributed by atoms with E-state index in [0.717, 1.165) is 50.1 Å². The van der Waals surface area contributed by atoms with Gasteiger partial charge in [0.1, 0.15) is 0 Å². The number of hydrogen-bond acceptors (Lipinski definition) is 3. The highest BCUT2D eigenvalue weighted by molar-refractivity contribution is 5.88. The molecule has 2 N–H and O–H groups in total. The van der Waals surface area contributed by atoms with Crippen molar-refractivity contribution in [1.29, 1.82) is 0 Å². The molecule has 1 atom stereocenters. The molecule has 1 aliphatic rings. The third-order valence-corrected chi connectivity index (χ3v) is 5.17. The van der Waals surface area contributed by atoms with E-state index in [1.165, 1.54) is 12.5 Å². The van der Waals surface area contributed by atoms with Crippen molar-refractivity contribution in [2.75, 3.05) is 25.0 Å². The second kappa shape index (κ2) is 8.97. The average Bonchev–Trinajstić information content (AvgIpc) is 2.67. The van der Waals surface area contributed by atoms with Crippen molar-refractivity contribution >= 4 is 11.6 Å². The lowest BCUT2D eigenvalue weighted by molar-refractivity contribution is -0.114. The molecule has 2 aromatic rings. The number of aliphatic hydroxyl groups excluding tert-OH is 1. The van der Waals surface area contributed by atoms with Crippen LogP contribution in [0, 0.1) is 0 Å². The highest BCUT2D eigenvalue weighted by Crippen LogP contribution is 2.30. The van der Waals surface area contributed by atoms with Crippen LogP contribution >= 0.6 is 0 Å². The largest absolute Gasteiger partial charge is 0.388 e. The summed E-state index contributed by atoms with van der Waals surface area (Å²) in [7, 11) is 0. The second-order valence-electron chi connectivity index (χ2n) is 7.14. The molecule has 1 amide bonds. The monoisotopic (exact) mass is 352 g/mol. The lowest BCUT2D eigenvalue weighted by Gasteiger charge is -2.32. The number of nitrogens with one attached hydrogen (secondary N) is 1. The zero-order valence-electron chi connectivity index (χ0n) is 15.4. The van der Waals surface area contributed by atoms with E-state index in [4.69, 9.17) is 0 Å². The molecule has 0 saturated carbocycles. The predicted molar refractivity (Wildman–Crippen MR) is 105 cm³/mol. The molecule has 1 heterocycles. The predicted octanol–water partition coefficient (Wildman–Crippen LogP) is 3.95. The topological polar surface area (TPSA) is 52.6 Å². The number of anilines is 1. The molecular formula is C22H28N2O2. The number of carbonyl (C=O) groups excluding carboxylic acids is 1. The van der Waals surface area contributed by atoms with Crippen molar-refractivity contribution in [2.45, 2.75) is 38.2 Å². The summed E-state index contributed by atoms with van der Waals surface area (Å²) in [6, 6.07) is 18.1. The van der Waals surface area contributed by atoms with Crippen molar-refractivity contribution < 1.29 is 9.90 Å². The summed E-state index contributed by atoms with van der Waals surface area (Å²) in [4.78, 5) is 13.7. The number of piperidine rings is 1. The molecule has 138 valence electrons. The van der Waals surface area contributed by atoms with Gasteiger partial charge in [-0.25, -0.2) is 0 Å². The van der Waals surface area contributed by atoms with Gasteiger partial charge in [0.25, 0.3) is 0 Å². The Bertz CT molecular complexity index is 709. The van der Waals surface area contributed by atoms with Gasteiger partial charge in [0, 0.05) is 19.2 Å². The van der Waals surface area contributed by atoms with E-state index in [1.807, 2.05) is 42.5 Å². The van der Waals surface area contributed by atoms with Gasteiger partial charge in [-0.1, -0.05) is 42.5 Å². The minimum absolute atomic E-state index is 0.0334. The Morgan fingerprint density at radius 2 is 1.88 bits per heavy atom. The van der Waals surface area contributed by atoms with Gasteiger partial charge in [-0.05, 0) is 61.5 Å². The molecule has 1 saturated heterocycles. The second-order valence-corrected chi connectivity index (χ2v) is 7.14. The minimum atomic E-state index is -0.386. The van der Waals surface area contributed by atoms with E-state index in [-0.39, 0.29) is 12.0 Å². The molecule has 3 rings (SSSR count). The standard InChI is InChI=1S/C22H28N2O2/c1-17(25)23-21-9-5-8-20(16-21)18-10-13-24(14-11-18)15-12-22(26)19-6-3-2-4-7-19/h2-9,16,18,22,26H,10-15H2,1H3,(H,23,25)/t22-/m1/s1. The maximum Gasteiger partial charge on any atom is 0.221 e. The summed E-state index contributed by atoms with van der Waals surface area (Å²) in [6.45, 7) is 4.57. The normalized spacial score (nSPS) is 17.0. The maximum absolute atomic E-state index is 11.2. The van der Waals surface area contributed by atoms with Gasteiger partial charge in [0.05, 0.1) is 6.10 Å². The zero-order chi connectivity index (χ0) is 18.4. The first-order valence-corrected chi connectivity index (χ1v) is 9.45. The van der Waals surface area contributed by atoms with E-state index in [1.54, 1.807) is 0 Å². The fourth-order valence-electron chi connectivity index (χ4n) is 3.71. The number of nitrogens with zero attached hydrogens (tertiary/aromatic N) is 1. The van der Waals surface area contributed by atoms with Crippen molar-refractivity contribution in [3.05, 3.63) is 65.7 Å². The van der Waals surface area contributed by atoms with Crippen LogP contribution in [0.25, 0.3) is 0 Å². The van der Waals surface area contributed by atoms with Crippen LogP contribution < -0.4 is 5.32 Å². The third-order valence-electron chi connectivity index (χ3n) is 5.17. The van der Waals surface area contributed by atoms with Gasteiger partial charge in [-0.15, -0.1) is 0 Å². The molecular weight excluding hydrogens is 324 g/mol. The number of aliphatic hydroxyl groups is 1. The first kappa shape index (κ1) is 18.6. The third kappa shape index (κ3) is 5.16. The van der Waals surface area contributed by atoms with Crippen molar-refractivity contribution in [2.24, 2.45) is 0 Å². The lowest BCUT2D eigenvalue weighted by Crippen LogP contribution is -2.34. The van der Waals surface area contributed by atoms with E-state index in [0.29, 0.717) is 5.92 Å². The van der Waals surface area contributed by atoms with Crippen molar-refractivity contribution in [1.82, 2.24) is 4.90 Å². The number of amides is 1. The number of rotatable bonds is 6. The van der Waals surface area contributed by atoms with Crippen LogP contribution in [-0.4, -0.2) is 35.5 Å². The molecule has 2 aromatic carbocycles. The van der Waals surface area contributed by atoms with Gasteiger partial charge in [-0.3, -0.25) is 4.79 Å². The Morgan fingerprint density at radius 3 is 2.58 bits per heavy atom. The molecule has 0 spiro atoms.